The van der Waals surface area contributed by atoms with Crippen LogP contribution in [0.5, 0.6) is 0 Å². The van der Waals surface area contributed by atoms with Gasteiger partial charge in [-0.05, 0) is 31.5 Å². The fraction of sp³-hybridized carbons (Fsp3) is 0.462. The summed E-state index contributed by atoms with van der Waals surface area (Å²) in [6.07, 6.45) is 0.470. The van der Waals surface area contributed by atoms with Gasteiger partial charge in [0, 0.05) is 12.2 Å². The minimum Gasteiger partial charge on any atom is -0.372 e. The fourth-order valence-corrected chi connectivity index (χ4v) is 1.61. The molecule has 0 radical (unpaired) electrons. The van der Waals surface area contributed by atoms with Gasteiger partial charge in [-0.1, -0.05) is 6.92 Å². The van der Waals surface area contributed by atoms with Gasteiger partial charge >= 0.3 is 0 Å². The highest BCUT2D eigenvalue weighted by molar-refractivity contribution is 5.77. The van der Waals surface area contributed by atoms with Gasteiger partial charge in [0.2, 0.25) is 5.91 Å². The molecule has 0 aromatic heterocycles. The molecule has 0 bridgehead atoms. The molecule has 0 aliphatic heterocycles. The third kappa shape index (κ3) is 4.07. The van der Waals surface area contributed by atoms with Gasteiger partial charge in [-0.2, -0.15) is 0 Å². The van der Waals surface area contributed by atoms with Gasteiger partial charge in [-0.15, -0.1) is 0 Å². The van der Waals surface area contributed by atoms with Crippen LogP contribution < -0.4 is 5.32 Å². The summed E-state index contributed by atoms with van der Waals surface area (Å²) < 4.78 is 31.6. The van der Waals surface area contributed by atoms with E-state index in [9.17, 15) is 13.6 Å². The minimum atomic E-state index is -0.548. The van der Waals surface area contributed by atoms with E-state index in [1.165, 1.54) is 0 Å². The van der Waals surface area contributed by atoms with Crippen molar-refractivity contribution < 1.29 is 18.3 Å². The Morgan fingerprint density at radius 2 is 2.11 bits per heavy atom. The van der Waals surface area contributed by atoms with Gasteiger partial charge < -0.3 is 10.1 Å². The van der Waals surface area contributed by atoms with Crippen LogP contribution >= 0.6 is 0 Å². The molecular weight excluding hydrogens is 240 g/mol. The number of rotatable bonds is 6. The highest BCUT2D eigenvalue weighted by Crippen LogP contribution is 2.21. The zero-order chi connectivity index (χ0) is 13.5. The van der Waals surface area contributed by atoms with E-state index in [0.717, 1.165) is 18.2 Å². The number of carbonyl (C=O) groups is 1. The van der Waals surface area contributed by atoms with Crippen molar-refractivity contribution in [2.45, 2.75) is 26.3 Å². The molecule has 3 nitrogen and oxygen atoms in total. The number of carbonyl (C=O) groups excluding carboxylic acids is 1. The molecule has 1 aromatic rings. The number of nitrogens with one attached hydrogen (secondary N) is 1. The van der Waals surface area contributed by atoms with E-state index < -0.39 is 17.7 Å². The van der Waals surface area contributed by atoms with Gasteiger partial charge in [0.05, 0.1) is 6.04 Å². The largest absolute Gasteiger partial charge is 0.372 e. The lowest BCUT2D eigenvalue weighted by molar-refractivity contribution is -0.126. The van der Waals surface area contributed by atoms with E-state index >= 15 is 0 Å². The average molecular weight is 257 g/mol. The second-order valence-electron chi connectivity index (χ2n) is 3.83. The summed E-state index contributed by atoms with van der Waals surface area (Å²) in [6, 6.07) is 2.66. The van der Waals surface area contributed by atoms with Crippen LogP contribution in [0.15, 0.2) is 18.2 Å². The summed E-state index contributed by atoms with van der Waals surface area (Å²) in [7, 11) is 0. The van der Waals surface area contributed by atoms with Crippen LogP contribution in [0.2, 0.25) is 0 Å². The van der Waals surface area contributed by atoms with E-state index in [1.807, 2.05) is 0 Å². The predicted octanol–water partition coefficient (Wildman–Crippen LogP) is 2.57. The first-order valence-electron chi connectivity index (χ1n) is 5.90. The summed E-state index contributed by atoms with van der Waals surface area (Å²) in [4.78, 5) is 11.5. The molecule has 0 fully saturated rings. The Morgan fingerprint density at radius 1 is 1.39 bits per heavy atom. The van der Waals surface area contributed by atoms with E-state index in [2.05, 4.69) is 5.32 Å². The molecule has 0 spiro atoms. The molecule has 1 aromatic carbocycles. The highest BCUT2D eigenvalue weighted by atomic mass is 19.1. The highest BCUT2D eigenvalue weighted by Gasteiger charge is 2.17. The lowest BCUT2D eigenvalue weighted by atomic mass is 10.0. The second kappa shape index (κ2) is 7.06. The van der Waals surface area contributed by atoms with Crippen molar-refractivity contribution in [1.82, 2.24) is 5.32 Å². The lowest BCUT2D eigenvalue weighted by Crippen LogP contribution is -2.32. The van der Waals surface area contributed by atoms with Crippen molar-refractivity contribution in [2.75, 3.05) is 13.2 Å². The Bertz CT molecular complexity index is 410. The van der Waals surface area contributed by atoms with Crippen LogP contribution in [0.4, 0.5) is 8.78 Å². The molecule has 0 heterocycles. The number of amides is 1. The molecule has 0 aliphatic rings. The van der Waals surface area contributed by atoms with Crippen molar-refractivity contribution in [1.29, 1.82) is 0 Å². The number of benzene rings is 1. The van der Waals surface area contributed by atoms with E-state index in [4.69, 9.17) is 4.74 Å². The summed E-state index contributed by atoms with van der Waals surface area (Å²) in [6.45, 7) is 3.91. The first-order valence-corrected chi connectivity index (χ1v) is 5.90. The van der Waals surface area contributed by atoms with Crippen LogP contribution in [0.25, 0.3) is 0 Å². The third-order valence-corrected chi connectivity index (χ3v) is 2.51. The molecule has 100 valence electrons. The fourth-order valence-electron chi connectivity index (χ4n) is 1.61. The first-order chi connectivity index (χ1) is 8.58. The summed E-state index contributed by atoms with van der Waals surface area (Å²) in [5, 5.41) is 2.62. The van der Waals surface area contributed by atoms with Crippen LogP contribution in [0, 0.1) is 11.6 Å². The van der Waals surface area contributed by atoms with Crippen molar-refractivity contribution in [3.05, 3.63) is 35.4 Å². The quantitative estimate of drug-likeness (QED) is 0.850. The Hall–Kier alpha value is -1.49. The molecule has 5 heteroatoms. The van der Waals surface area contributed by atoms with Crippen molar-refractivity contribution in [2.24, 2.45) is 0 Å². The summed E-state index contributed by atoms with van der Waals surface area (Å²) >= 11 is 0. The SMILES string of the molecule is CCOCC(=O)N[C@@H](CC)c1cc(F)ccc1F. The third-order valence-electron chi connectivity index (χ3n) is 2.51. The van der Waals surface area contributed by atoms with E-state index in [1.54, 1.807) is 13.8 Å². The Kier molecular flexibility index (Phi) is 5.71. The maximum atomic E-state index is 13.6. The molecular formula is C13H17F2NO2. The predicted molar refractivity (Wildman–Crippen MR) is 64.0 cm³/mol. The summed E-state index contributed by atoms with van der Waals surface area (Å²) in [5.41, 5.74) is 0.155. The van der Waals surface area contributed by atoms with Gasteiger partial charge in [0.1, 0.15) is 18.2 Å². The molecule has 0 aliphatic carbocycles. The lowest BCUT2D eigenvalue weighted by Gasteiger charge is -2.18. The molecule has 1 atom stereocenters. The molecule has 0 saturated carbocycles. The zero-order valence-electron chi connectivity index (χ0n) is 10.5. The Balaban J connectivity index is 2.76. The molecule has 0 saturated heterocycles. The Labute approximate surface area is 105 Å². The molecule has 0 unspecified atom stereocenters. The van der Waals surface area contributed by atoms with Crippen LogP contribution in [-0.2, 0) is 9.53 Å². The maximum Gasteiger partial charge on any atom is 0.246 e. The molecule has 18 heavy (non-hydrogen) atoms. The maximum absolute atomic E-state index is 13.6. The molecule has 1 amide bonds. The number of ether oxygens (including phenoxy) is 1. The van der Waals surface area contributed by atoms with Crippen molar-refractivity contribution in [3.8, 4) is 0 Å². The van der Waals surface area contributed by atoms with Gasteiger partial charge in [0.15, 0.2) is 0 Å². The van der Waals surface area contributed by atoms with Gasteiger partial charge in [-0.25, -0.2) is 8.78 Å². The van der Waals surface area contributed by atoms with Crippen LogP contribution in [0.3, 0.4) is 0 Å². The number of halogens is 2. The zero-order valence-corrected chi connectivity index (χ0v) is 10.5. The van der Waals surface area contributed by atoms with Crippen molar-refractivity contribution >= 4 is 5.91 Å². The van der Waals surface area contributed by atoms with E-state index in [0.29, 0.717) is 13.0 Å². The van der Waals surface area contributed by atoms with Gasteiger partial charge in [0.25, 0.3) is 0 Å². The average Bonchev–Trinajstić information content (AvgIpc) is 2.36. The first kappa shape index (κ1) is 14.6. The minimum absolute atomic E-state index is 0.0794. The number of hydrogen-bond acceptors (Lipinski definition) is 2. The normalized spacial score (nSPS) is 12.2. The van der Waals surface area contributed by atoms with Gasteiger partial charge in [-0.3, -0.25) is 4.79 Å². The van der Waals surface area contributed by atoms with Crippen LogP contribution in [-0.4, -0.2) is 19.1 Å². The van der Waals surface area contributed by atoms with E-state index in [-0.39, 0.29) is 18.1 Å². The van der Waals surface area contributed by atoms with Crippen molar-refractivity contribution in [3.63, 3.8) is 0 Å². The molecule has 1 rings (SSSR count). The summed E-state index contributed by atoms with van der Waals surface area (Å²) in [5.74, 6) is -1.39. The Morgan fingerprint density at radius 3 is 2.72 bits per heavy atom. The topological polar surface area (TPSA) is 38.3 Å². The number of hydrogen-bond donors (Lipinski definition) is 1. The monoisotopic (exact) mass is 257 g/mol. The standard InChI is InChI=1S/C13H17F2NO2/c1-3-12(16-13(17)8-18-4-2)10-7-9(14)5-6-11(10)15/h5-7,12H,3-4,8H2,1-2H3,(H,16,17)/t12-/m0/s1. The second-order valence-corrected chi connectivity index (χ2v) is 3.83. The smallest absolute Gasteiger partial charge is 0.246 e. The van der Waals surface area contributed by atoms with Crippen LogP contribution in [0.1, 0.15) is 31.9 Å². The molecule has 1 N–H and O–H groups in total.